The molecule has 142 valence electrons. The van der Waals surface area contributed by atoms with Gasteiger partial charge in [0.25, 0.3) is 5.91 Å². The molecular weight excluding hydrogens is 382 g/mol. The Morgan fingerprint density at radius 1 is 1.25 bits per heavy atom. The number of hydrogen-bond donors (Lipinski definition) is 1. The van der Waals surface area contributed by atoms with Crippen LogP contribution in [0.1, 0.15) is 22.3 Å². The van der Waals surface area contributed by atoms with Gasteiger partial charge in [-0.15, -0.1) is 11.3 Å². The Morgan fingerprint density at radius 2 is 2.00 bits per heavy atom. The Morgan fingerprint density at radius 3 is 2.71 bits per heavy atom. The fourth-order valence-corrected chi connectivity index (χ4v) is 4.06. The van der Waals surface area contributed by atoms with Crippen LogP contribution in [-0.2, 0) is 6.54 Å². The highest BCUT2D eigenvalue weighted by atomic mass is 32.1. The standard InChI is InChI=1S/C20H16F2N4OS/c1-3-26-10-16(15-5-4-6-23-18(15)26)20-24-11(2)17(28-20)19(27)25-14-8-12(21)7-13(22)9-14/h4-10H,3H2,1-2H3,(H,25,27). The normalized spacial score (nSPS) is 11.1. The summed E-state index contributed by atoms with van der Waals surface area (Å²) < 4.78 is 28.7. The number of benzene rings is 1. The van der Waals surface area contributed by atoms with Crippen LogP contribution in [0.25, 0.3) is 21.6 Å². The summed E-state index contributed by atoms with van der Waals surface area (Å²) in [4.78, 5) is 22.0. The van der Waals surface area contributed by atoms with Crippen LogP contribution in [0, 0.1) is 18.6 Å². The zero-order chi connectivity index (χ0) is 19.8. The van der Waals surface area contributed by atoms with Gasteiger partial charge in [0.15, 0.2) is 0 Å². The van der Waals surface area contributed by atoms with Gasteiger partial charge in [-0.25, -0.2) is 18.7 Å². The molecule has 1 N–H and O–H groups in total. The quantitative estimate of drug-likeness (QED) is 0.525. The maximum atomic E-state index is 13.4. The maximum absolute atomic E-state index is 13.4. The van der Waals surface area contributed by atoms with Gasteiger partial charge in [0.05, 0.1) is 5.69 Å². The average Bonchev–Trinajstić information content (AvgIpc) is 3.21. The van der Waals surface area contributed by atoms with E-state index in [-0.39, 0.29) is 5.69 Å². The first-order chi connectivity index (χ1) is 13.5. The molecule has 0 aliphatic rings. The molecule has 3 heterocycles. The Bertz CT molecular complexity index is 1180. The smallest absolute Gasteiger partial charge is 0.267 e. The molecule has 0 atom stereocenters. The van der Waals surface area contributed by atoms with Gasteiger partial charge in [-0.05, 0) is 38.1 Å². The number of fused-ring (bicyclic) bond motifs is 1. The Kier molecular flexibility index (Phi) is 4.64. The van der Waals surface area contributed by atoms with Crippen LogP contribution in [0.15, 0.2) is 42.7 Å². The number of anilines is 1. The van der Waals surface area contributed by atoms with E-state index in [4.69, 9.17) is 0 Å². The molecule has 0 saturated carbocycles. The molecule has 0 aliphatic heterocycles. The lowest BCUT2D eigenvalue weighted by atomic mass is 10.2. The first-order valence-corrected chi connectivity index (χ1v) is 9.47. The molecule has 0 aliphatic carbocycles. The third-order valence-electron chi connectivity index (χ3n) is 4.33. The van der Waals surface area contributed by atoms with Gasteiger partial charge in [-0.1, -0.05) is 0 Å². The van der Waals surface area contributed by atoms with Gasteiger partial charge >= 0.3 is 0 Å². The number of aryl methyl sites for hydroxylation is 2. The monoisotopic (exact) mass is 398 g/mol. The molecule has 4 rings (SSSR count). The number of carbonyl (C=O) groups is 1. The Labute approximate surface area is 163 Å². The third-order valence-corrected chi connectivity index (χ3v) is 5.52. The summed E-state index contributed by atoms with van der Waals surface area (Å²) >= 11 is 1.24. The highest BCUT2D eigenvalue weighted by Crippen LogP contribution is 2.34. The molecule has 28 heavy (non-hydrogen) atoms. The molecule has 0 radical (unpaired) electrons. The van der Waals surface area contributed by atoms with Crippen LogP contribution in [-0.4, -0.2) is 20.4 Å². The summed E-state index contributed by atoms with van der Waals surface area (Å²) in [5, 5.41) is 4.18. The van der Waals surface area contributed by atoms with Crippen molar-refractivity contribution in [2.45, 2.75) is 20.4 Å². The molecule has 0 spiro atoms. The van der Waals surface area contributed by atoms with E-state index in [1.54, 1.807) is 13.1 Å². The van der Waals surface area contributed by atoms with Crippen molar-refractivity contribution in [1.29, 1.82) is 0 Å². The lowest BCUT2D eigenvalue weighted by Crippen LogP contribution is -2.11. The molecule has 0 saturated heterocycles. The zero-order valence-electron chi connectivity index (χ0n) is 15.2. The second kappa shape index (κ2) is 7.12. The van der Waals surface area contributed by atoms with E-state index in [0.29, 0.717) is 15.6 Å². The van der Waals surface area contributed by atoms with Crippen LogP contribution >= 0.6 is 11.3 Å². The molecule has 0 unspecified atom stereocenters. The summed E-state index contributed by atoms with van der Waals surface area (Å²) in [6, 6.07) is 6.72. The number of nitrogens with zero attached hydrogens (tertiary/aromatic N) is 3. The van der Waals surface area contributed by atoms with Crippen molar-refractivity contribution in [3.63, 3.8) is 0 Å². The third kappa shape index (κ3) is 3.27. The summed E-state index contributed by atoms with van der Waals surface area (Å²) in [6.45, 7) is 4.52. The first-order valence-electron chi connectivity index (χ1n) is 8.65. The molecular formula is C20H16F2N4OS. The number of carbonyl (C=O) groups excluding carboxylic acids is 1. The van der Waals surface area contributed by atoms with Crippen molar-refractivity contribution < 1.29 is 13.6 Å². The number of nitrogens with one attached hydrogen (secondary N) is 1. The number of halogens is 2. The molecule has 1 aromatic carbocycles. The second-order valence-corrected chi connectivity index (χ2v) is 7.25. The van der Waals surface area contributed by atoms with Gasteiger partial charge in [-0.2, -0.15) is 0 Å². The summed E-state index contributed by atoms with van der Waals surface area (Å²) in [6.07, 6.45) is 3.71. The van der Waals surface area contributed by atoms with Crippen LogP contribution in [0.3, 0.4) is 0 Å². The van der Waals surface area contributed by atoms with E-state index in [9.17, 15) is 13.6 Å². The zero-order valence-corrected chi connectivity index (χ0v) is 16.0. The molecule has 4 aromatic rings. The van der Waals surface area contributed by atoms with Gasteiger partial charge in [0.1, 0.15) is 27.2 Å². The Hall–Kier alpha value is -3.13. The van der Waals surface area contributed by atoms with Crippen LogP contribution in [0.5, 0.6) is 0 Å². The average molecular weight is 398 g/mol. The largest absolute Gasteiger partial charge is 0.332 e. The van der Waals surface area contributed by atoms with Gasteiger partial charge in [-0.3, -0.25) is 4.79 Å². The topological polar surface area (TPSA) is 59.8 Å². The highest BCUT2D eigenvalue weighted by molar-refractivity contribution is 7.17. The van der Waals surface area contributed by atoms with Crippen LogP contribution in [0.2, 0.25) is 0 Å². The number of aromatic nitrogens is 3. The number of thiazole rings is 1. The molecule has 3 aromatic heterocycles. The highest BCUT2D eigenvalue weighted by Gasteiger charge is 2.20. The Balaban J connectivity index is 1.70. The van der Waals surface area contributed by atoms with E-state index in [2.05, 4.69) is 15.3 Å². The number of amides is 1. The SMILES string of the molecule is CCn1cc(-c2nc(C)c(C(=O)Nc3cc(F)cc(F)c3)s2)c2cccnc21. The summed E-state index contributed by atoms with van der Waals surface area (Å²) in [7, 11) is 0. The molecule has 0 bridgehead atoms. The van der Waals surface area contributed by atoms with E-state index in [1.807, 2.05) is 29.8 Å². The number of hydrogen-bond acceptors (Lipinski definition) is 4. The van der Waals surface area contributed by atoms with Crippen LogP contribution < -0.4 is 5.32 Å². The van der Waals surface area contributed by atoms with E-state index in [0.717, 1.165) is 41.3 Å². The molecule has 1 amide bonds. The summed E-state index contributed by atoms with van der Waals surface area (Å²) in [5.74, 6) is -1.96. The lowest BCUT2D eigenvalue weighted by Gasteiger charge is -2.04. The van der Waals surface area contributed by atoms with Gasteiger partial charge in [0, 0.05) is 41.6 Å². The van der Waals surface area contributed by atoms with E-state index < -0.39 is 17.5 Å². The van der Waals surface area contributed by atoms with Gasteiger partial charge < -0.3 is 9.88 Å². The number of pyridine rings is 1. The van der Waals surface area contributed by atoms with Crippen molar-refractivity contribution in [1.82, 2.24) is 14.5 Å². The number of rotatable bonds is 4. The maximum Gasteiger partial charge on any atom is 0.267 e. The van der Waals surface area contributed by atoms with Crippen molar-refractivity contribution in [3.05, 3.63) is 64.9 Å². The first kappa shape index (κ1) is 18.2. The predicted molar refractivity (Wildman–Crippen MR) is 106 cm³/mol. The molecule has 5 nitrogen and oxygen atoms in total. The van der Waals surface area contributed by atoms with Crippen molar-refractivity contribution in [2.75, 3.05) is 5.32 Å². The molecule has 0 fully saturated rings. The minimum atomic E-state index is -0.753. The van der Waals surface area contributed by atoms with E-state index in [1.165, 1.54) is 11.3 Å². The fourth-order valence-electron chi connectivity index (χ4n) is 3.07. The lowest BCUT2D eigenvalue weighted by molar-refractivity contribution is 0.103. The predicted octanol–water partition coefficient (Wildman–Crippen LogP) is 5.02. The van der Waals surface area contributed by atoms with Crippen molar-refractivity contribution >= 4 is 34.0 Å². The van der Waals surface area contributed by atoms with Crippen LogP contribution in [0.4, 0.5) is 14.5 Å². The fraction of sp³-hybridized carbons (Fsp3) is 0.150. The minimum absolute atomic E-state index is 0.0589. The second-order valence-electron chi connectivity index (χ2n) is 6.25. The molecule has 8 heteroatoms. The van der Waals surface area contributed by atoms with Gasteiger partial charge in [0.2, 0.25) is 0 Å². The van der Waals surface area contributed by atoms with E-state index >= 15 is 0 Å². The van der Waals surface area contributed by atoms with Crippen molar-refractivity contribution in [3.8, 4) is 10.6 Å². The minimum Gasteiger partial charge on any atom is -0.332 e. The van der Waals surface area contributed by atoms with Crippen molar-refractivity contribution in [2.24, 2.45) is 0 Å². The summed E-state index contributed by atoms with van der Waals surface area (Å²) in [5.41, 5.74) is 2.36.